The smallest absolute Gasteiger partial charge is 0.255 e. The molecule has 2 fully saturated rings. The van der Waals surface area contributed by atoms with Crippen molar-refractivity contribution in [2.45, 2.75) is 38.0 Å². The van der Waals surface area contributed by atoms with Gasteiger partial charge in [-0.2, -0.15) is 0 Å². The van der Waals surface area contributed by atoms with Crippen molar-refractivity contribution < 1.29 is 9.53 Å². The molecule has 1 saturated carbocycles. The Morgan fingerprint density at radius 1 is 1.16 bits per heavy atom. The highest BCUT2D eigenvalue weighted by Gasteiger charge is 2.30. The van der Waals surface area contributed by atoms with Crippen molar-refractivity contribution in [3.05, 3.63) is 59.8 Å². The lowest BCUT2D eigenvalue weighted by molar-refractivity contribution is -0.0691. The van der Waals surface area contributed by atoms with Gasteiger partial charge < -0.3 is 15.0 Å². The number of ether oxygens (including phenoxy) is 1. The van der Waals surface area contributed by atoms with Crippen molar-refractivity contribution >= 4 is 11.7 Å². The molecule has 0 radical (unpaired) electrons. The average molecular weight is 337 g/mol. The molecule has 4 rings (SSSR count). The molecule has 1 aliphatic carbocycles. The highest BCUT2D eigenvalue weighted by atomic mass is 16.5. The predicted octanol–water partition coefficient (Wildman–Crippen LogP) is 3.26. The van der Waals surface area contributed by atoms with Crippen LogP contribution in [0.25, 0.3) is 0 Å². The lowest BCUT2D eigenvalue weighted by atomic mass is 10.1. The fourth-order valence-electron chi connectivity index (χ4n) is 3.19. The van der Waals surface area contributed by atoms with E-state index < -0.39 is 0 Å². The van der Waals surface area contributed by atoms with Crippen LogP contribution in [0.2, 0.25) is 0 Å². The highest BCUT2D eigenvalue weighted by Crippen LogP contribution is 2.27. The van der Waals surface area contributed by atoms with Gasteiger partial charge >= 0.3 is 0 Å². The van der Waals surface area contributed by atoms with Gasteiger partial charge in [-0.25, -0.2) is 4.98 Å². The first-order valence-corrected chi connectivity index (χ1v) is 8.91. The Labute approximate surface area is 148 Å². The largest absolute Gasteiger partial charge is 0.367 e. The Hall–Kier alpha value is -2.40. The second-order valence-corrected chi connectivity index (χ2v) is 6.91. The summed E-state index contributed by atoms with van der Waals surface area (Å²) < 4.78 is 6.04. The topological polar surface area (TPSA) is 54.5 Å². The van der Waals surface area contributed by atoms with Gasteiger partial charge in [0.1, 0.15) is 11.9 Å². The van der Waals surface area contributed by atoms with E-state index in [4.69, 9.17) is 4.74 Å². The number of benzene rings is 1. The molecule has 1 aromatic heterocycles. The molecule has 1 aromatic carbocycles. The standard InChI is InChI=1S/C20H23N3O2/c1-14-12-23(13-18(25-14)15-5-3-2-4-6-15)20(24)16-7-10-19(21-11-16)22-17-8-9-17/h2-7,10-11,14,17-18H,8-9,12-13H2,1H3,(H,21,22)/t14-,18+/m1/s1. The number of pyridine rings is 1. The van der Waals surface area contributed by atoms with Crippen LogP contribution in [0.5, 0.6) is 0 Å². The van der Waals surface area contributed by atoms with E-state index in [1.165, 1.54) is 12.8 Å². The van der Waals surface area contributed by atoms with Gasteiger partial charge in [-0.15, -0.1) is 0 Å². The van der Waals surface area contributed by atoms with E-state index in [2.05, 4.69) is 10.3 Å². The van der Waals surface area contributed by atoms with E-state index in [1.54, 1.807) is 6.20 Å². The second-order valence-electron chi connectivity index (χ2n) is 6.91. The number of aromatic nitrogens is 1. The molecule has 130 valence electrons. The number of hydrogen-bond donors (Lipinski definition) is 1. The summed E-state index contributed by atoms with van der Waals surface area (Å²) in [4.78, 5) is 19.1. The van der Waals surface area contributed by atoms with Crippen LogP contribution in [-0.4, -0.2) is 41.0 Å². The van der Waals surface area contributed by atoms with Crippen LogP contribution in [0.4, 0.5) is 5.82 Å². The Kier molecular flexibility index (Phi) is 4.40. The summed E-state index contributed by atoms with van der Waals surface area (Å²) in [6.07, 6.45) is 4.00. The number of amides is 1. The first-order valence-electron chi connectivity index (χ1n) is 8.91. The minimum atomic E-state index is -0.0855. The minimum absolute atomic E-state index is 0.00618. The van der Waals surface area contributed by atoms with Crippen molar-refractivity contribution in [1.82, 2.24) is 9.88 Å². The molecule has 25 heavy (non-hydrogen) atoms. The SMILES string of the molecule is C[C@@H]1CN(C(=O)c2ccc(NC3CC3)nc2)C[C@@H](c2ccccc2)O1. The zero-order valence-electron chi connectivity index (χ0n) is 14.4. The lowest BCUT2D eigenvalue weighted by Gasteiger charge is -2.37. The molecular weight excluding hydrogens is 314 g/mol. The quantitative estimate of drug-likeness (QED) is 0.930. The Morgan fingerprint density at radius 3 is 2.64 bits per heavy atom. The molecule has 2 atom stereocenters. The molecule has 2 heterocycles. The summed E-state index contributed by atoms with van der Waals surface area (Å²) in [5.74, 6) is 0.859. The number of carbonyl (C=O) groups is 1. The Morgan fingerprint density at radius 2 is 1.96 bits per heavy atom. The lowest BCUT2D eigenvalue weighted by Crippen LogP contribution is -2.46. The molecule has 5 nitrogen and oxygen atoms in total. The van der Waals surface area contributed by atoms with Crippen molar-refractivity contribution in [3.8, 4) is 0 Å². The Bertz CT molecular complexity index is 728. The van der Waals surface area contributed by atoms with Gasteiger partial charge in [0.25, 0.3) is 5.91 Å². The summed E-state index contributed by atoms with van der Waals surface area (Å²) >= 11 is 0. The van der Waals surface area contributed by atoms with Crippen LogP contribution in [0, 0.1) is 0 Å². The molecule has 0 bridgehead atoms. The molecule has 1 aliphatic heterocycles. The van der Waals surface area contributed by atoms with Crippen LogP contribution in [0.15, 0.2) is 48.7 Å². The van der Waals surface area contributed by atoms with Crippen LogP contribution in [-0.2, 0) is 4.74 Å². The fourth-order valence-corrected chi connectivity index (χ4v) is 3.19. The second kappa shape index (κ2) is 6.84. The zero-order valence-corrected chi connectivity index (χ0v) is 14.4. The minimum Gasteiger partial charge on any atom is -0.367 e. The number of nitrogens with zero attached hydrogens (tertiary/aromatic N) is 2. The summed E-state index contributed by atoms with van der Waals surface area (Å²) in [5.41, 5.74) is 1.73. The van der Waals surface area contributed by atoms with E-state index in [0.29, 0.717) is 24.7 Å². The predicted molar refractivity (Wildman–Crippen MR) is 96.5 cm³/mol. The van der Waals surface area contributed by atoms with E-state index >= 15 is 0 Å². The maximum Gasteiger partial charge on any atom is 0.255 e. The molecular formula is C20H23N3O2. The monoisotopic (exact) mass is 337 g/mol. The number of nitrogens with one attached hydrogen (secondary N) is 1. The average Bonchev–Trinajstić information content (AvgIpc) is 3.46. The van der Waals surface area contributed by atoms with Crippen LogP contribution in [0.3, 0.4) is 0 Å². The highest BCUT2D eigenvalue weighted by molar-refractivity contribution is 5.94. The summed E-state index contributed by atoms with van der Waals surface area (Å²) in [7, 11) is 0. The van der Waals surface area contributed by atoms with Crippen molar-refractivity contribution in [2.75, 3.05) is 18.4 Å². The summed E-state index contributed by atoms with van der Waals surface area (Å²) in [5, 5.41) is 3.34. The van der Waals surface area contributed by atoms with E-state index in [9.17, 15) is 4.79 Å². The molecule has 2 aliphatic rings. The third-order valence-electron chi connectivity index (χ3n) is 4.66. The fraction of sp³-hybridized carbons (Fsp3) is 0.400. The van der Waals surface area contributed by atoms with E-state index in [-0.39, 0.29) is 18.1 Å². The zero-order chi connectivity index (χ0) is 17.2. The number of morpholine rings is 1. The molecule has 1 amide bonds. The van der Waals surface area contributed by atoms with Gasteiger partial charge in [0, 0.05) is 18.8 Å². The Balaban J connectivity index is 1.46. The molecule has 0 spiro atoms. The van der Waals surface area contributed by atoms with Crippen molar-refractivity contribution in [1.29, 1.82) is 0 Å². The normalized spacial score (nSPS) is 23.3. The first-order chi connectivity index (χ1) is 12.2. The molecule has 0 unspecified atom stereocenters. The summed E-state index contributed by atoms with van der Waals surface area (Å²) in [6.45, 7) is 3.18. The van der Waals surface area contributed by atoms with E-state index in [0.717, 1.165) is 11.4 Å². The van der Waals surface area contributed by atoms with Gasteiger partial charge in [0.05, 0.1) is 18.2 Å². The third kappa shape index (κ3) is 3.82. The first kappa shape index (κ1) is 16.1. The van der Waals surface area contributed by atoms with Crippen LogP contribution < -0.4 is 5.32 Å². The van der Waals surface area contributed by atoms with Crippen LogP contribution >= 0.6 is 0 Å². The van der Waals surface area contributed by atoms with Crippen molar-refractivity contribution in [2.24, 2.45) is 0 Å². The van der Waals surface area contributed by atoms with Gasteiger partial charge in [0.15, 0.2) is 0 Å². The third-order valence-corrected chi connectivity index (χ3v) is 4.66. The van der Waals surface area contributed by atoms with Gasteiger partial charge in [-0.1, -0.05) is 30.3 Å². The van der Waals surface area contributed by atoms with Gasteiger partial charge in [-0.3, -0.25) is 4.79 Å². The number of rotatable bonds is 4. The number of anilines is 1. The number of carbonyl (C=O) groups excluding carboxylic acids is 1. The van der Waals surface area contributed by atoms with Gasteiger partial charge in [0.2, 0.25) is 0 Å². The van der Waals surface area contributed by atoms with Crippen LogP contribution in [0.1, 0.15) is 41.8 Å². The molecule has 1 N–H and O–H groups in total. The van der Waals surface area contributed by atoms with E-state index in [1.807, 2.05) is 54.3 Å². The molecule has 1 saturated heterocycles. The number of hydrogen-bond acceptors (Lipinski definition) is 4. The van der Waals surface area contributed by atoms with Gasteiger partial charge in [-0.05, 0) is 37.5 Å². The molecule has 2 aromatic rings. The maximum atomic E-state index is 12.9. The summed E-state index contributed by atoms with van der Waals surface area (Å²) in [6, 6.07) is 14.4. The molecule has 5 heteroatoms. The van der Waals surface area contributed by atoms with Crippen molar-refractivity contribution in [3.63, 3.8) is 0 Å². The maximum absolute atomic E-state index is 12.9.